The highest BCUT2D eigenvalue weighted by atomic mass is 19.1. The van der Waals surface area contributed by atoms with Gasteiger partial charge in [0.15, 0.2) is 11.6 Å². The van der Waals surface area contributed by atoms with Crippen LogP contribution in [0.2, 0.25) is 0 Å². The van der Waals surface area contributed by atoms with Crippen LogP contribution in [0.25, 0.3) is 11.0 Å². The molecule has 7 rings (SSSR count). The predicted molar refractivity (Wildman–Crippen MR) is 115 cm³/mol. The Bertz CT molecular complexity index is 1320. The first-order chi connectivity index (χ1) is 15.3. The van der Waals surface area contributed by atoms with Gasteiger partial charge in [0.2, 0.25) is 5.43 Å². The number of carboxylic acid groups (broad SMARTS) is 1. The van der Waals surface area contributed by atoms with Gasteiger partial charge in [-0.25, -0.2) is 14.2 Å². The van der Waals surface area contributed by atoms with Crippen molar-refractivity contribution < 1.29 is 19.4 Å². The fourth-order valence-electron chi connectivity index (χ4n) is 5.64. The number of aromatic carboxylic acids is 1. The summed E-state index contributed by atoms with van der Waals surface area (Å²) in [6.45, 7) is 0.586. The largest absolute Gasteiger partial charge is 0.477 e. The quantitative estimate of drug-likeness (QED) is 0.654. The lowest BCUT2D eigenvalue weighted by molar-refractivity contribution is -0.0864. The summed E-state index contributed by atoms with van der Waals surface area (Å²) >= 11 is 0. The second kappa shape index (κ2) is 6.38. The number of rotatable bonds is 4. The number of nitrogens with zero attached hydrogens (tertiary/aromatic N) is 3. The van der Waals surface area contributed by atoms with Crippen molar-refractivity contribution in [2.24, 2.45) is 5.92 Å². The van der Waals surface area contributed by atoms with E-state index in [9.17, 15) is 19.8 Å². The summed E-state index contributed by atoms with van der Waals surface area (Å²) in [5.74, 6) is -1.32. The zero-order valence-electron chi connectivity index (χ0n) is 17.3. The van der Waals surface area contributed by atoms with Crippen molar-refractivity contribution in [3.8, 4) is 0 Å². The predicted octanol–water partition coefficient (Wildman–Crippen LogP) is 2.84. The molecule has 4 aliphatic rings. The second-order valence-corrected chi connectivity index (χ2v) is 9.48. The van der Waals surface area contributed by atoms with Gasteiger partial charge < -0.3 is 19.7 Å². The lowest BCUT2D eigenvalue weighted by atomic mass is 9.49. The van der Waals surface area contributed by atoms with Crippen LogP contribution in [0.1, 0.15) is 41.6 Å². The van der Waals surface area contributed by atoms with Crippen molar-refractivity contribution >= 4 is 22.8 Å². The molecule has 4 fully saturated rings. The van der Waals surface area contributed by atoms with Crippen LogP contribution in [0.15, 0.2) is 47.4 Å². The molecular formula is C24H22FN3O4. The highest BCUT2D eigenvalue weighted by molar-refractivity contribution is 5.92. The van der Waals surface area contributed by atoms with E-state index >= 15 is 4.39 Å². The summed E-state index contributed by atoms with van der Waals surface area (Å²) in [5, 5.41) is 20.7. The fourth-order valence-corrected chi connectivity index (χ4v) is 5.64. The average Bonchev–Trinajstić information content (AvgIpc) is 3.11. The zero-order chi connectivity index (χ0) is 22.3. The van der Waals surface area contributed by atoms with E-state index in [4.69, 9.17) is 0 Å². The molecule has 3 aliphatic carbocycles. The number of anilines is 1. The maximum atomic E-state index is 15.2. The highest BCUT2D eigenvalue weighted by Crippen LogP contribution is 2.62. The molecule has 7 nitrogen and oxygen atoms in total. The molecule has 3 saturated carbocycles. The Labute approximate surface area is 182 Å². The Kier molecular flexibility index (Phi) is 3.88. The Morgan fingerprint density at radius 1 is 1.19 bits per heavy atom. The molecule has 0 amide bonds. The number of benzene rings is 1. The smallest absolute Gasteiger partial charge is 0.341 e. The van der Waals surface area contributed by atoms with Crippen LogP contribution < -0.4 is 10.3 Å². The van der Waals surface area contributed by atoms with Crippen LogP contribution >= 0.6 is 0 Å². The zero-order valence-corrected chi connectivity index (χ0v) is 17.3. The molecule has 1 saturated heterocycles. The van der Waals surface area contributed by atoms with Gasteiger partial charge in [-0.3, -0.25) is 4.79 Å². The van der Waals surface area contributed by atoms with E-state index in [2.05, 4.69) is 4.98 Å². The number of carbonyl (C=O) groups is 1. The molecule has 1 aliphatic heterocycles. The molecule has 3 heterocycles. The van der Waals surface area contributed by atoms with Gasteiger partial charge in [-0.2, -0.15) is 0 Å². The van der Waals surface area contributed by atoms with Gasteiger partial charge in [0.1, 0.15) is 16.8 Å². The first kappa shape index (κ1) is 19.4. The van der Waals surface area contributed by atoms with Crippen LogP contribution in [-0.2, 0) is 11.1 Å². The van der Waals surface area contributed by atoms with Crippen LogP contribution in [0.5, 0.6) is 0 Å². The minimum absolute atomic E-state index is 0.0200. The highest BCUT2D eigenvalue weighted by Gasteiger charge is 2.58. The van der Waals surface area contributed by atoms with Crippen molar-refractivity contribution in [3.05, 3.63) is 69.8 Å². The molecule has 164 valence electrons. The molecule has 0 radical (unpaired) electrons. The number of aromatic nitrogens is 2. The third-order valence-corrected chi connectivity index (χ3v) is 7.52. The van der Waals surface area contributed by atoms with Gasteiger partial charge in [0.05, 0.1) is 11.9 Å². The van der Waals surface area contributed by atoms with Gasteiger partial charge in [0, 0.05) is 18.3 Å². The van der Waals surface area contributed by atoms with E-state index in [1.165, 1.54) is 6.20 Å². The summed E-state index contributed by atoms with van der Waals surface area (Å²) in [6.07, 6.45) is 4.54. The molecule has 1 aromatic carbocycles. The first-order valence-electron chi connectivity index (χ1n) is 10.8. The van der Waals surface area contributed by atoms with Gasteiger partial charge in [0.25, 0.3) is 0 Å². The second-order valence-electron chi connectivity index (χ2n) is 9.48. The van der Waals surface area contributed by atoms with Crippen molar-refractivity contribution in [1.29, 1.82) is 0 Å². The van der Waals surface area contributed by atoms with Crippen LogP contribution in [0.4, 0.5) is 10.2 Å². The molecule has 32 heavy (non-hydrogen) atoms. The SMILES string of the molecule is O=C(O)c1cn(C23CC(C2)C3)c2nc(N3CCC(O)(c4ccccc4)C3)c(F)cc2c1=O. The molecule has 2 bridgehead atoms. The van der Waals surface area contributed by atoms with E-state index in [0.717, 1.165) is 30.9 Å². The average molecular weight is 435 g/mol. The third-order valence-electron chi connectivity index (χ3n) is 7.52. The molecule has 1 atom stereocenters. The first-order valence-corrected chi connectivity index (χ1v) is 10.8. The van der Waals surface area contributed by atoms with Crippen molar-refractivity contribution in [3.63, 3.8) is 0 Å². The molecule has 3 aromatic rings. The monoisotopic (exact) mass is 435 g/mol. The van der Waals surface area contributed by atoms with Crippen LogP contribution in [0.3, 0.4) is 0 Å². The molecule has 8 heteroatoms. The van der Waals surface area contributed by atoms with Crippen molar-refractivity contribution in [2.45, 2.75) is 36.8 Å². The number of β-amino-alcohol motifs (C(OH)–C–C–N with tert-alkyl or cyclic N) is 1. The number of hydrogen-bond acceptors (Lipinski definition) is 5. The topological polar surface area (TPSA) is 95.7 Å². The van der Waals surface area contributed by atoms with E-state index in [1.54, 1.807) is 9.47 Å². The molecule has 1 unspecified atom stereocenters. The van der Waals surface area contributed by atoms with Gasteiger partial charge in [-0.15, -0.1) is 0 Å². The van der Waals surface area contributed by atoms with Gasteiger partial charge in [-0.1, -0.05) is 30.3 Å². The van der Waals surface area contributed by atoms with Crippen molar-refractivity contribution in [2.75, 3.05) is 18.0 Å². The van der Waals surface area contributed by atoms with E-state index in [1.807, 2.05) is 30.3 Å². The minimum atomic E-state index is -1.32. The van der Waals surface area contributed by atoms with Gasteiger partial charge in [-0.05, 0) is 43.2 Å². The van der Waals surface area contributed by atoms with Crippen LogP contribution in [-0.4, -0.2) is 38.8 Å². The maximum absolute atomic E-state index is 15.2. The Hall–Kier alpha value is -3.26. The molecule has 2 N–H and O–H groups in total. The Morgan fingerprint density at radius 2 is 1.91 bits per heavy atom. The third kappa shape index (κ3) is 2.59. The van der Waals surface area contributed by atoms with E-state index < -0.39 is 22.8 Å². The summed E-state index contributed by atoms with van der Waals surface area (Å²) in [5.41, 5.74) is -1.37. The van der Waals surface area contributed by atoms with E-state index in [-0.39, 0.29) is 28.9 Å². The number of carboxylic acids is 1. The Morgan fingerprint density at radius 3 is 2.53 bits per heavy atom. The standard InChI is InChI=1S/C24H22FN3O4/c25-18-8-16-19(29)17(22(30)31)12-28(23-9-14(10-23)11-23)20(16)26-21(18)27-7-6-24(32,13-27)15-4-2-1-3-5-15/h1-5,8,12,14,32H,6-7,9-11,13H2,(H,30,31). The number of aliphatic hydroxyl groups is 1. The minimum Gasteiger partial charge on any atom is -0.477 e. The van der Waals surface area contributed by atoms with E-state index in [0.29, 0.717) is 24.5 Å². The number of halogens is 1. The number of hydrogen-bond donors (Lipinski definition) is 2. The number of fused-ring (bicyclic) bond motifs is 1. The molecule has 0 spiro atoms. The maximum Gasteiger partial charge on any atom is 0.341 e. The summed E-state index contributed by atoms with van der Waals surface area (Å²) in [7, 11) is 0. The summed E-state index contributed by atoms with van der Waals surface area (Å²) in [6, 6.07) is 10.4. The van der Waals surface area contributed by atoms with Crippen molar-refractivity contribution in [1.82, 2.24) is 9.55 Å². The molecule has 2 aromatic heterocycles. The van der Waals surface area contributed by atoms with Gasteiger partial charge >= 0.3 is 5.97 Å². The Balaban J connectivity index is 1.47. The summed E-state index contributed by atoms with van der Waals surface area (Å²) in [4.78, 5) is 30.7. The summed E-state index contributed by atoms with van der Waals surface area (Å²) < 4.78 is 17.0. The lowest BCUT2D eigenvalue weighted by Crippen LogP contribution is -2.59. The van der Waals surface area contributed by atoms with Crippen LogP contribution in [0, 0.1) is 11.7 Å². The fraction of sp³-hybridized carbons (Fsp3) is 0.375. The lowest BCUT2D eigenvalue weighted by Gasteiger charge is -2.62. The normalized spacial score (nSPS) is 28.4. The molecular weight excluding hydrogens is 413 g/mol. The number of pyridine rings is 2.